The topological polar surface area (TPSA) is 58.1 Å². The van der Waals surface area contributed by atoms with Crippen LogP contribution in [0.25, 0.3) is 0 Å². The molecule has 0 saturated heterocycles. The van der Waals surface area contributed by atoms with E-state index in [4.69, 9.17) is 9.47 Å². The molecule has 0 fully saturated rings. The van der Waals surface area contributed by atoms with Crippen molar-refractivity contribution < 1.29 is 9.47 Å². The van der Waals surface area contributed by atoms with E-state index in [1.165, 1.54) is 0 Å². The predicted octanol–water partition coefficient (Wildman–Crippen LogP) is 3.11. The predicted molar refractivity (Wildman–Crippen MR) is 123 cm³/mol. The number of nitrogens with one attached hydrogen (secondary N) is 2. The Labute approximate surface area is 178 Å². The summed E-state index contributed by atoms with van der Waals surface area (Å²) in [6, 6.07) is 1.17. The van der Waals surface area contributed by atoms with Crippen LogP contribution in [0.1, 0.15) is 53.9 Å². The van der Waals surface area contributed by atoms with Crippen LogP contribution in [0.2, 0.25) is 0 Å². The first-order valence-electron chi connectivity index (χ1n) is 9.87. The van der Waals surface area contributed by atoms with Gasteiger partial charge in [-0.2, -0.15) is 0 Å². The molecule has 2 N–H and O–H groups in total. The van der Waals surface area contributed by atoms with Crippen molar-refractivity contribution in [1.29, 1.82) is 0 Å². The monoisotopic (exact) mass is 486 g/mol. The van der Waals surface area contributed by atoms with Crippen LogP contribution in [-0.2, 0) is 9.47 Å². The Morgan fingerprint density at radius 1 is 0.962 bits per heavy atom. The molecular weight excluding hydrogens is 443 g/mol. The van der Waals surface area contributed by atoms with Crippen molar-refractivity contribution in [2.45, 2.75) is 66.0 Å². The first kappa shape index (κ1) is 28.1. The van der Waals surface area contributed by atoms with Gasteiger partial charge in [0.2, 0.25) is 0 Å². The Hall–Kier alpha value is -0.120. The zero-order valence-corrected chi connectivity index (χ0v) is 20.2. The van der Waals surface area contributed by atoms with Gasteiger partial charge < -0.3 is 20.1 Å². The van der Waals surface area contributed by atoms with Crippen molar-refractivity contribution >= 4 is 29.9 Å². The van der Waals surface area contributed by atoms with Gasteiger partial charge in [-0.05, 0) is 53.9 Å². The minimum Gasteiger partial charge on any atom is -0.382 e. The van der Waals surface area contributed by atoms with E-state index in [0.29, 0.717) is 25.3 Å². The highest BCUT2D eigenvalue weighted by atomic mass is 127. The number of ether oxygens (including phenoxy) is 2. The largest absolute Gasteiger partial charge is 0.382 e. The van der Waals surface area contributed by atoms with Gasteiger partial charge in [0.1, 0.15) is 0 Å². The number of guanidine groups is 1. The van der Waals surface area contributed by atoms with Crippen molar-refractivity contribution in [1.82, 2.24) is 15.5 Å². The molecule has 0 rings (SSSR count). The fraction of sp³-hybridized carbons (Fsp3) is 0.947. The van der Waals surface area contributed by atoms with E-state index >= 15 is 0 Å². The van der Waals surface area contributed by atoms with Crippen LogP contribution < -0.4 is 10.6 Å². The average molecular weight is 486 g/mol. The Morgan fingerprint density at radius 2 is 1.65 bits per heavy atom. The summed E-state index contributed by atoms with van der Waals surface area (Å²) >= 11 is 0. The van der Waals surface area contributed by atoms with Gasteiger partial charge in [-0.15, -0.1) is 24.0 Å². The number of nitrogens with zero attached hydrogens (tertiary/aromatic N) is 2. The summed E-state index contributed by atoms with van der Waals surface area (Å²) in [6.45, 7) is 17.0. The summed E-state index contributed by atoms with van der Waals surface area (Å²) in [4.78, 5) is 7.20. The van der Waals surface area contributed by atoms with E-state index in [9.17, 15) is 0 Å². The molecule has 0 unspecified atom stereocenters. The fourth-order valence-corrected chi connectivity index (χ4v) is 2.68. The zero-order chi connectivity index (χ0) is 18.9. The van der Waals surface area contributed by atoms with Gasteiger partial charge >= 0.3 is 0 Å². The highest BCUT2D eigenvalue weighted by molar-refractivity contribution is 14.0. The van der Waals surface area contributed by atoms with Crippen LogP contribution >= 0.6 is 24.0 Å². The maximum absolute atomic E-state index is 5.47. The molecule has 0 aromatic carbocycles. The summed E-state index contributed by atoms with van der Waals surface area (Å²) < 4.78 is 10.4. The van der Waals surface area contributed by atoms with Crippen molar-refractivity contribution in [2.75, 3.05) is 53.1 Å². The summed E-state index contributed by atoms with van der Waals surface area (Å²) in [5.74, 6) is 0.920. The normalized spacial score (nSPS) is 12.0. The number of unbranched alkanes of at least 4 members (excludes halogenated alkanes) is 1. The molecule has 0 amide bonds. The Balaban J connectivity index is 0. The SMILES string of the molecule is CCNC(=NCCCN(C(C)C)C(C)C)NCCCCOCCOC.I. The third kappa shape index (κ3) is 16.1. The van der Waals surface area contributed by atoms with E-state index in [1.54, 1.807) is 7.11 Å². The first-order valence-corrected chi connectivity index (χ1v) is 9.87. The van der Waals surface area contributed by atoms with Gasteiger partial charge in [0, 0.05) is 52.0 Å². The third-order valence-corrected chi connectivity index (χ3v) is 3.95. The van der Waals surface area contributed by atoms with E-state index in [2.05, 4.69) is 55.1 Å². The van der Waals surface area contributed by atoms with Gasteiger partial charge in [-0.1, -0.05) is 0 Å². The molecule has 0 heterocycles. The molecule has 0 aromatic heterocycles. The smallest absolute Gasteiger partial charge is 0.191 e. The van der Waals surface area contributed by atoms with Gasteiger partial charge in [-0.3, -0.25) is 9.89 Å². The van der Waals surface area contributed by atoms with Crippen LogP contribution in [0, 0.1) is 0 Å². The maximum atomic E-state index is 5.47. The van der Waals surface area contributed by atoms with Crippen LogP contribution in [0.15, 0.2) is 4.99 Å². The fourth-order valence-electron chi connectivity index (χ4n) is 2.68. The van der Waals surface area contributed by atoms with Crippen molar-refractivity contribution in [3.63, 3.8) is 0 Å². The minimum atomic E-state index is 0. The second kappa shape index (κ2) is 19.6. The molecule has 0 atom stereocenters. The number of hydrogen-bond acceptors (Lipinski definition) is 4. The Bertz CT molecular complexity index is 321. The van der Waals surface area contributed by atoms with Crippen molar-refractivity contribution in [3.05, 3.63) is 0 Å². The molecule has 0 aromatic rings. The lowest BCUT2D eigenvalue weighted by molar-refractivity contribution is 0.0689. The van der Waals surface area contributed by atoms with Crippen LogP contribution in [0.3, 0.4) is 0 Å². The number of hydrogen-bond donors (Lipinski definition) is 2. The van der Waals surface area contributed by atoms with Crippen molar-refractivity contribution in [3.8, 4) is 0 Å². The molecule has 6 nitrogen and oxygen atoms in total. The molecule has 0 saturated carbocycles. The average Bonchev–Trinajstić information content (AvgIpc) is 2.56. The minimum absolute atomic E-state index is 0. The van der Waals surface area contributed by atoms with E-state index in [-0.39, 0.29) is 24.0 Å². The van der Waals surface area contributed by atoms with Crippen molar-refractivity contribution in [2.24, 2.45) is 4.99 Å². The molecule has 0 radical (unpaired) electrons. The zero-order valence-electron chi connectivity index (χ0n) is 17.8. The standard InChI is InChI=1S/C19H42N4O2.HI/c1-7-20-19(21-11-8-9-14-25-16-15-24-6)22-12-10-13-23(17(2)3)18(4)5;/h17-18H,7-16H2,1-6H3,(H2,20,21,22);1H. The molecule has 0 bridgehead atoms. The molecule has 0 aliphatic rings. The van der Waals surface area contributed by atoms with E-state index in [1.807, 2.05) is 0 Å². The second-order valence-corrected chi connectivity index (χ2v) is 6.78. The van der Waals surface area contributed by atoms with Crippen LogP contribution in [-0.4, -0.2) is 76.1 Å². The Kier molecular flexibility index (Phi) is 21.2. The first-order chi connectivity index (χ1) is 12.0. The van der Waals surface area contributed by atoms with E-state index < -0.39 is 0 Å². The molecule has 0 aliphatic carbocycles. The number of rotatable bonds is 15. The van der Waals surface area contributed by atoms with E-state index in [0.717, 1.165) is 58.0 Å². The summed E-state index contributed by atoms with van der Waals surface area (Å²) in [5.41, 5.74) is 0. The molecular formula is C19H43IN4O2. The quantitative estimate of drug-likeness (QED) is 0.161. The molecule has 158 valence electrons. The highest BCUT2D eigenvalue weighted by Crippen LogP contribution is 2.05. The lowest BCUT2D eigenvalue weighted by atomic mass is 10.2. The molecule has 26 heavy (non-hydrogen) atoms. The second-order valence-electron chi connectivity index (χ2n) is 6.78. The maximum Gasteiger partial charge on any atom is 0.191 e. The summed E-state index contributed by atoms with van der Waals surface area (Å²) in [6.07, 6.45) is 3.21. The van der Waals surface area contributed by atoms with Gasteiger partial charge in [0.05, 0.1) is 13.2 Å². The Morgan fingerprint density at radius 3 is 2.23 bits per heavy atom. The van der Waals surface area contributed by atoms with Gasteiger partial charge in [0.25, 0.3) is 0 Å². The van der Waals surface area contributed by atoms with Gasteiger partial charge in [-0.25, -0.2) is 0 Å². The number of methoxy groups -OCH3 is 1. The molecule has 0 aliphatic heterocycles. The lowest BCUT2D eigenvalue weighted by Gasteiger charge is -2.30. The number of halogens is 1. The summed E-state index contributed by atoms with van der Waals surface area (Å²) in [5, 5.41) is 6.71. The summed E-state index contributed by atoms with van der Waals surface area (Å²) in [7, 11) is 1.69. The van der Waals surface area contributed by atoms with Crippen LogP contribution in [0.5, 0.6) is 0 Å². The molecule has 0 spiro atoms. The third-order valence-electron chi connectivity index (χ3n) is 3.95. The van der Waals surface area contributed by atoms with Crippen LogP contribution in [0.4, 0.5) is 0 Å². The number of aliphatic imine (C=N–C) groups is 1. The van der Waals surface area contributed by atoms with Gasteiger partial charge in [0.15, 0.2) is 5.96 Å². The highest BCUT2D eigenvalue weighted by Gasteiger charge is 2.12. The lowest BCUT2D eigenvalue weighted by Crippen LogP contribution is -2.39. The molecule has 7 heteroatoms.